The smallest absolute Gasteiger partial charge is 0.474 e. The van der Waals surface area contributed by atoms with Crippen LogP contribution in [0.2, 0.25) is 0 Å². The topological polar surface area (TPSA) is 181 Å². The second-order valence-electron chi connectivity index (χ2n) is 9.68. The summed E-state index contributed by atoms with van der Waals surface area (Å²) in [5.74, 6) is -0.910. The third kappa shape index (κ3) is 8.70. The summed E-state index contributed by atoms with van der Waals surface area (Å²) < 4.78 is 23.7. The largest absolute Gasteiger partial charge is 0.525 e. The molecule has 1 saturated heterocycles. The van der Waals surface area contributed by atoms with Crippen molar-refractivity contribution >= 4 is 25.6 Å². The fraction of sp³-hybridized carbons (Fsp3) is 0.500. The van der Waals surface area contributed by atoms with Crippen molar-refractivity contribution < 1.29 is 43.0 Å². The molecule has 1 aromatic carbocycles. The minimum atomic E-state index is -4.25. The number of aromatic nitrogens is 2. The summed E-state index contributed by atoms with van der Waals surface area (Å²) in [5.41, 5.74) is 0.581. The van der Waals surface area contributed by atoms with E-state index >= 15 is 0 Å². The van der Waals surface area contributed by atoms with Gasteiger partial charge in [-0.15, -0.1) is 5.06 Å². The van der Waals surface area contributed by atoms with Crippen LogP contribution < -0.4 is 10.1 Å². The average Bonchev–Trinajstić information content (AvgIpc) is 3.45. The van der Waals surface area contributed by atoms with Crippen LogP contribution >= 0.6 is 7.60 Å². The van der Waals surface area contributed by atoms with Crippen LogP contribution in [-0.2, 0) is 18.7 Å². The molecule has 0 spiro atoms. The second kappa shape index (κ2) is 13.9. The summed E-state index contributed by atoms with van der Waals surface area (Å²) >= 11 is 0. The van der Waals surface area contributed by atoms with E-state index in [0.29, 0.717) is 5.56 Å². The first kappa shape index (κ1) is 30.4. The normalized spacial score (nSPS) is 18.3. The fourth-order valence-electron chi connectivity index (χ4n) is 4.73. The molecule has 41 heavy (non-hydrogen) atoms. The van der Waals surface area contributed by atoms with Crippen molar-refractivity contribution in [2.24, 2.45) is 0 Å². The standard InChI is InChI=1S/C26H34N5O9P/c1-2-38-41(36,37)17-21(25(33)30-12-14-31(15-13-30)40-26(34)35)28-24(32)20-16-22(39-19-10-6-7-11-19)29-23(27-20)18-8-4-3-5-9-18/h3-5,8-9,16,19,21H,2,6-7,10-15,17H2,1H3,(H,28,32)(H,34,35)(H,36,37)/t21-/m0/s1. The Labute approximate surface area is 237 Å². The third-order valence-corrected chi connectivity index (χ3v) is 8.15. The molecule has 3 N–H and O–H groups in total. The Kier molecular flexibility index (Phi) is 10.3. The van der Waals surface area contributed by atoms with Gasteiger partial charge < -0.3 is 34.3 Å². The number of hydrogen-bond acceptors (Lipinski definition) is 10. The number of carboxylic acid groups (broad SMARTS) is 1. The summed E-state index contributed by atoms with van der Waals surface area (Å²) in [5, 5.41) is 12.6. The van der Waals surface area contributed by atoms with Gasteiger partial charge in [-0.1, -0.05) is 30.3 Å². The van der Waals surface area contributed by atoms with Crippen molar-refractivity contribution in [3.8, 4) is 17.3 Å². The SMILES string of the molecule is CCOP(=O)(O)C[C@H](NC(=O)c1cc(OC2CCCC2)nc(-c2ccccc2)n1)C(=O)N1CCN(OC(=O)O)CC1. The summed E-state index contributed by atoms with van der Waals surface area (Å²) in [4.78, 5) is 63.0. The number of carbonyl (C=O) groups is 3. The van der Waals surface area contributed by atoms with E-state index in [1.807, 2.05) is 18.2 Å². The number of amides is 2. The number of hydroxylamine groups is 2. The number of nitrogens with zero attached hydrogens (tertiary/aromatic N) is 4. The number of ether oxygens (including phenoxy) is 1. The molecule has 15 heteroatoms. The van der Waals surface area contributed by atoms with Gasteiger partial charge in [0.25, 0.3) is 5.91 Å². The van der Waals surface area contributed by atoms with E-state index in [9.17, 15) is 23.8 Å². The van der Waals surface area contributed by atoms with E-state index in [4.69, 9.17) is 14.4 Å². The van der Waals surface area contributed by atoms with Crippen molar-refractivity contribution in [3.05, 3.63) is 42.1 Å². The molecule has 1 aliphatic carbocycles. The molecule has 4 rings (SSSR count). The van der Waals surface area contributed by atoms with E-state index in [1.165, 1.54) is 23.0 Å². The van der Waals surface area contributed by atoms with Crippen molar-refractivity contribution in [1.82, 2.24) is 25.2 Å². The van der Waals surface area contributed by atoms with Crippen molar-refractivity contribution in [2.75, 3.05) is 38.9 Å². The maximum atomic E-state index is 13.5. The van der Waals surface area contributed by atoms with Crippen molar-refractivity contribution in [1.29, 1.82) is 0 Å². The zero-order chi connectivity index (χ0) is 29.4. The van der Waals surface area contributed by atoms with Gasteiger partial charge in [0.1, 0.15) is 17.8 Å². The molecule has 2 atom stereocenters. The molecule has 2 fully saturated rings. The first-order valence-corrected chi connectivity index (χ1v) is 15.2. The molecule has 222 valence electrons. The van der Waals surface area contributed by atoms with Crippen LogP contribution in [0.3, 0.4) is 0 Å². The molecule has 0 bridgehead atoms. The molecular formula is C26H34N5O9P. The number of rotatable bonds is 11. The predicted octanol–water partition coefficient (Wildman–Crippen LogP) is 2.54. The Balaban J connectivity index is 1.57. The highest BCUT2D eigenvalue weighted by atomic mass is 31.2. The van der Waals surface area contributed by atoms with E-state index in [1.54, 1.807) is 12.1 Å². The molecule has 1 aliphatic heterocycles. The Morgan fingerprint density at radius 3 is 2.41 bits per heavy atom. The van der Waals surface area contributed by atoms with Crippen LogP contribution in [-0.4, -0.2) is 99.0 Å². The number of hydrogen-bond donors (Lipinski definition) is 3. The van der Waals surface area contributed by atoms with Gasteiger partial charge in [-0.05, 0) is 32.6 Å². The summed E-state index contributed by atoms with van der Waals surface area (Å²) in [6.07, 6.45) is 1.65. The lowest BCUT2D eigenvalue weighted by Crippen LogP contribution is -2.56. The predicted molar refractivity (Wildman–Crippen MR) is 145 cm³/mol. The zero-order valence-corrected chi connectivity index (χ0v) is 23.6. The Morgan fingerprint density at radius 1 is 1.10 bits per heavy atom. The summed E-state index contributed by atoms with van der Waals surface area (Å²) in [6.45, 7) is 1.81. The van der Waals surface area contributed by atoms with Gasteiger partial charge in [-0.2, -0.15) is 4.98 Å². The van der Waals surface area contributed by atoms with Gasteiger partial charge in [0.2, 0.25) is 11.8 Å². The molecule has 2 heterocycles. The molecular weight excluding hydrogens is 557 g/mol. The maximum Gasteiger partial charge on any atom is 0.525 e. The lowest BCUT2D eigenvalue weighted by atomic mass is 10.2. The van der Waals surface area contributed by atoms with Crippen LogP contribution in [0, 0.1) is 0 Å². The van der Waals surface area contributed by atoms with Crippen LogP contribution in [0.4, 0.5) is 4.79 Å². The van der Waals surface area contributed by atoms with E-state index in [2.05, 4.69) is 20.1 Å². The number of piperazine rings is 1. The van der Waals surface area contributed by atoms with Crippen LogP contribution in [0.5, 0.6) is 5.88 Å². The van der Waals surface area contributed by atoms with Crippen LogP contribution in [0.15, 0.2) is 36.4 Å². The van der Waals surface area contributed by atoms with E-state index < -0.39 is 37.8 Å². The monoisotopic (exact) mass is 591 g/mol. The second-order valence-corrected chi connectivity index (χ2v) is 11.6. The number of benzene rings is 1. The molecule has 0 radical (unpaired) electrons. The van der Waals surface area contributed by atoms with Gasteiger partial charge in [-0.25, -0.2) is 9.78 Å². The highest BCUT2D eigenvalue weighted by Crippen LogP contribution is 2.42. The Morgan fingerprint density at radius 2 is 1.78 bits per heavy atom. The first-order chi connectivity index (χ1) is 19.6. The number of nitrogens with one attached hydrogen (secondary N) is 1. The van der Waals surface area contributed by atoms with E-state index in [-0.39, 0.29) is 56.3 Å². The Bertz CT molecular complexity index is 1270. The van der Waals surface area contributed by atoms with Gasteiger partial charge >= 0.3 is 13.8 Å². The molecule has 14 nitrogen and oxygen atoms in total. The summed E-state index contributed by atoms with van der Waals surface area (Å²) in [6, 6.07) is 9.01. The third-order valence-electron chi connectivity index (χ3n) is 6.66. The molecule has 2 aromatic rings. The van der Waals surface area contributed by atoms with Crippen LogP contribution in [0.1, 0.15) is 43.1 Å². The maximum absolute atomic E-state index is 13.5. The average molecular weight is 592 g/mol. The van der Waals surface area contributed by atoms with Gasteiger partial charge in [0, 0.05) is 24.7 Å². The minimum absolute atomic E-state index is 0.0333. The zero-order valence-electron chi connectivity index (χ0n) is 22.7. The molecule has 2 aliphatic rings. The molecule has 1 unspecified atom stereocenters. The van der Waals surface area contributed by atoms with Gasteiger partial charge in [0.15, 0.2) is 5.82 Å². The minimum Gasteiger partial charge on any atom is -0.474 e. The van der Waals surface area contributed by atoms with Crippen LogP contribution in [0.25, 0.3) is 11.4 Å². The highest BCUT2D eigenvalue weighted by molar-refractivity contribution is 7.52. The first-order valence-electron chi connectivity index (χ1n) is 13.5. The highest BCUT2D eigenvalue weighted by Gasteiger charge is 2.36. The van der Waals surface area contributed by atoms with Gasteiger partial charge in [0.05, 0.1) is 25.9 Å². The van der Waals surface area contributed by atoms with Crippen molar-refractivity contribution in [2.45, 2.75) is 44.8 Å². The lowest BCUT2D eigenvalue weighted by molar-refractivity contribution is -0.154. The lowest BCUT2D eigenvalue weighted by Gasteiger charge is -2.35. The molecule has 1 saturated carbocycles. The number of carbonyl (C=O) groups excluding carboxylic acids is 2. The fourth-order valence-corrected chi connectivity index (χ4v) is 5.95. The molecule has 2 amide bonds. The van der Waals surface area contributed by atoms with E-state index in [0.717, 1.165) is 25.7 Å². The molecule has 1 aromatic heterocycles. The Hall–Kier alpha value is -3.58. The van der Waals surface area contributed by atoms with Crippen molar-refractivity contribution in [3.63, 3.8) is 0 Å². The van der Waals surface area contributed by atoms with Gasteiger partial charge in [-0.3, -0.25) is 14.2 Å². The summed E-state index contributed by atoms with van der Waals surface area (Å²) in [7, 11) is -4.25. The quantitative estimate of drug-likeness (QED) is 0.326.